The Morgan fingerprint density at radius 1 is 1.61 bits per heavy atom. The Morgan fingerprint density at radius 2 is 2.33 bits per heavy atom. The van der Waals surface area contributed by atoms with Gasteiger partial charge in [0, 0.05) is 5.92 Å². The predicted octanol–water partition coefficient (Wildman–Crippen LogP) is 0.0784. The first kappa shape index (κ1) is 13.2. The predicted molar refractivity (Wildman–Crippen MR) is 62.8 cm³/mol. The van der Waals surface area contributed by atoms with Crippen LogP contribution in [0.25, 0.3) is 0 Å². The molecular weight excluding hydrogens is 238 g/mol. The van der Waals surface area contributed by atoms with Crippen molar-refractivity contribution in [1.82, 2.24) is 5.32 Å². The number of hydrogen-bond donors (Lipinski definition) is 3. The van der Waals surface area contributed by atoms with E-state index in [9.17, 15) is 15.0 Å². The summed E-state index contributed by atoms with van der Waals surface area (Å²) in [6.07, 6.45) is -0.268. The molecule has 0 amide bonds. The lowest BCUT2D eigenvalue weighted by molar-refractivity contribution is -0.147. The van der Waals surface area contributed by atoms with Crippen molar-refractivity contribution in [3.63, 3.8) is 0 Å². The Bertz CT molecular complexity index is 377. The second-order valence-electron chi connectivity index (χ2n) is 4.91. The lowest BCUT2D eigenvalue weighted by atomic mass is 9.85. The number of carbonyl (C=O) groups excluding carboxylic acids is 1. The van der Waals surface area contributed by atoms with Crippen LogP contribution in [0.4, 0.5) is 0 Å². The smallest absolute Gasteiger partial charge is 0.309 e. The fourth-order valence-electron chi connectivity index (χ4n) is 2.30. The third kappa shape index (κ3) is 2.30. The average molecular weight is 257 g/mol. The number of aliphatic hydroxyl groups is 2. The summed E-state index contributed by atoms with van der Waals surface area (Å²) in [5, 5.41) is 23.3. The normalized spacial score (nSPS) is 31.7. The molecule has 0 saturated carbocycles. The molecule has 3 atom stereocenters. The van der Waals surface area contributed by atoms with Crippen molar-refractivity contribution in [2.45, 2.75) is 31.9 Å². The van der Waals surface area contributed by atoms with Crippen LogP contribution < -0.4 is 5.32 Å². The van der Waals surface area contributed by atoms with Crippen molar-refractivity contribution >= 4 is 5.97 Å². The number of hydrogen-bond acceptors (Lipinski definition) is 6. The van der Waals surface area contributed by atoms with Crippen molar-refractivity contribution in [2.75, 3.05) is 19.8 Å². The molecule has 6 heteroatoms. The minimum absolute atomic E-state index is 0.0960. The Hall–Kier alpha value is -1.27. The monoisotopic (exact) mass is 257 g/mol. The fourth-order valence-corrected chi connectivity index (χ4v) is 2.30. The number of rotatable bonds is 4. The molecule has 0 radical (unpaired) electrons. The van der Waals surface area contributed by atoms with Crippen LogP contribution in [0.5, 0.6) is 0 Å². The molecule has 0 aliphatic carbocycles. The molecule has 102 valence electrons. The molecule has 6 nitrogen and oxygen atoms in total. The van der Waals surface area contributed by atoms with Crippen molar-refractivity contribution in [3.8, 4) is 0 Å². The van der Waals surface area contributed by atoms with E-state index in [0.717, 1.165) is 0 Å². The Labute approximate surface area is 106 Å². The summed E-state index contributed by atoms with van der Waals surface area (Å²) in [5.41, 5.74) is -1.03. The van der Waals surface area contributed by atoms with E-state index in [4.69, 9.17) is 9.47 Å². The Kier molecular flexibility index (Phi) is 3.49. The van der Waals surface area contributed by atoms with Crippen LogP contribution >= 0.6 is 0 Å². The third-order valence-corrected chi connectivity index (χ3v) is 3.35. The summed E-state index contributed by atoms with van der Waals surface area (Å²) in [6.45, 7) is 4.49. The number of carbonyl (C=O) groups is 1. The highest BCUT2D eigenvalue weighted by molar-refractivity contribution is 5.71. The van der Waals surface area contributed by atoms with Crippen LogP contribution in [0.1, 0.15) is 20.3 Å². The maximum atomic E-state index is 11.4. The first-order chi connectivity index (χ1) is 8.45. The van der Waals surface area contributed by atoms with Gasteiger partial charge in [-0.1, -0.05) is 0 Å². The van der Waals surface area contributed by atoms with E-state index in [-0.39, 0.29) is 30.7 Å². The van der Waals surface area contributed by atoms with Crippen LogP contribution in [0.2, 0.25) is 0 Å². The molecular formula is C12H19NO5. The SMILES string of the molecule is CCOC(=O)CC(C)(O)/C(O)=C1/NC2COCC12. The molecule has 2 heterocycles. The molecule has 0 aromatic carbocycles. The van der Waals surface area contributed by atoms with E-state index in [1.54, 1.807) is 6.92 Å². The van der Waals surface area contributed by atoms with Crippen molar-refractivity contribution in [2.24, 2.45) is 5.92 Å². The highest BCUT2D eigenvalue weighted by Crippen LogP contribution is 2.35. The summed E-state index contributed by atoms with van der Waals surface area (Å²) >= 11 is 0. The molecule has 3 unspecified atom stereocenters. The quantitative estimate of drug-likeness (QED) is 0.488. The highest BCUT2D eigenvalue weighted by atomic mass is 16.5. The van der Waals surface area contributed by atoms with Gasteiger partial charge in [0.05, 0.1) is 38.0 Å². The largest absolute Gasteiger partial charge is 0.507 e. The third-order valence-electron chi connectivity index (χ3n) is 3.35. The zero-order valence-corrected chi connectivity index (χ0v) is 10.6. The van der Waals surface area contributed by atoms with Gasteiger partial charge in [-0.3, -0.25) is 4.79 Å². The fraction of sp³-hybridized carbons (Fsp3) is 0.750. The van der Waals surface area contributed by atoms with E-state index in [0.29, 0.717) is 18.9 Å². The van der Waals surface area contributed by atoms with Gasteiger partial charge < -0.3 is 25.0 Å². The van der Waals surface area contributed by atoms with Gasteiger partial charge in [-0.2, -0.15) is 0 Å². The molecule has 3 N–H and O–H groups in total. The number of ether oxygens (including phenoxy) is 2. The number of esters is 1. The molecule has 0 spiro atoms. The minimum Gasteiger partial charge on any atom is -0.507 e. The lowest BCUT2D eigenvalue weighted by Gasteiger charge is -2.38. The van der Waals surface area contributed by atoms with E-state index in [1.807, 2.05) is 0 Å². The van der Waals surface area contributed by atoms with Gasteiger partial charge in [-0.15, -0.1) is 0 Å². The zero-order chi connectivity index (χ0) is 13.3. The maximum Gasteiger partial charge on any atom is 0.309 e. The van der Waals surface area contributed by atoms with Gasteiger partial charge in [0.25, 0.3) is 0 Å². The summed E-state index contributed by atoms with van der Waals surface area (Å²) in [7, 11) is 0. The Balaban J connectivity index is 2.05. The summed E-state index contributed by atoms with van der Waals surface area (Å²) in [5.74, 6) is -0.630. The van der Waals surface area contributed by atoms with Crippen LogP contribution in [-0.2, 0) is 14.3 Å². The molecule has 2 rings (SSSR count). The standard InChI is InChI=1S/C12H19NO5/c1-3-18-9(14)4-12(2,16)11(15)10-7-5-17-6-8(7)13-10/h7-8,13,15-16H,3-6H2,1-2H3/b11-10-. The van der Waals surface area contributed by atoms with Crippen molar-refractivity contribution < 1.29 is 24.5 Å². The molecule has 2 aliphatic heterocycles. The zero-order valence-electron chi connectivity index (χ0n) is 10.6. The van der Waals surface area contributed by atoms with Crippen molar-refractivity contribution in [1.29, 1.82) is 0 Å². The number of aliphatic hydroxyl groups excluding tert-OH is 1. The van der Waals surface area contributed by atoms with Crippen molar-refractivity contribution in [3.05, 3.63) is 11.5 Å². The number of fused-ring (bicyclic) bond motifs is 1. The first-order valence-corrected chi connectivity index (χ1v) is 6.11. The lowest BCUT2D eigenvalue weighted by Crippen LogP contribution is -2.52. The van der Waals surface area contributed by atoms with E-state index in [1.165, 1.54) is 6.92 Å². The van der Waals surface area contributed by atoms with Gasteiger partial charge >= 0.3 is 5.97 Å². The minimum atomic E-state index is -1.61. The van der Waals surface area contributed by atoms with Crippen LogP contribution in [-0.4, -0.2) is 47.6 Å². The van der Waals surface area contributed by atoms with E-state index >= 15 is 0 Å². The molecule has 0 aromatic rings. The molecule has 0 aromatic heterocycles. The second kappa shape index (κ2) is 4.78. The molecule has 0 bridgehead atoms. The van der Waals surface area contributed by atoms with Gasteiger partial charge in [-0.05, 0) is 13.8 Å². The summed E-state index contributed by atoms with van der Waals surface area (Å²) < 4.78 is 10.0. The van der Waals surface area contributed by atoms with Crippen LogP contribution in [0, 0.1) is 5.92 Å². The summed E-state index contributed by atoms with van der Waals surface area (Å²) in [4.78, 5) is 11.4. The van der Waals surface area contributed by atoms with Gasteiger partial charge in [0.15, 0.2) is 0 Å². The topological polar surface area (TPSA) is 88.0 Å². The first-order valence-electron chi connectivity index (χ1n) is 6.11. The van der Waals surface area contributed by atoms with Crippen LogP contribution in [0.3, 0.4) is 0 Å². The average Bonchev–Trinajstić information content (AvgIpc) is 2.59. The maximum absolute atomic E-state index is 11.4. The molecule has 2 aliphatic rings. The van der Waals surface area contributed by atoms with Gasteiger partial charge in [-0.25, -0.2) is 0 Å². The van der Waals surface area contributed by atoms with E-state index < -0.39 is 11.6 Å². The van der Waals surface area contributed by atoms with Gasteiger partial charge in [0.2, 0.25) is 0 Å². The summed E-state index contributed by atoms with van der Waals surface area (Å²) in [6, 6.07) is 0.209. The molecule has 18 heavy (non-hydrogen) atoms. The molecule has 2 saturated heterocycles. The highest BCUT2D eigenvalue weighted by Gasteiger charge is 2.45. The molecule has 2 fully saturated rings. The van der Waals surface area contributed by atoms with Gasteiger partial charge in [0.1, 0.15) is 11.4 Å². The van der Waals surface area contributed by atoms with Crippen LogP contribution in [0.15, 0.2) is 11.5 Å². The van der Waals surface area contributed by atoms with E-state index in [2.05, 4.69) is 5.32 Å². The second-order valence-corrected chi connectivity index (χ2v) is 4.91. The Morgan fingerprint density at radius 3 is 2.94 bits per heavy atom. The number of nitrogens with one attached hydrogen (secondary N) is 1.